The normalized spacial score (nSPS) is 19.3. The Morgan fingerprint density at radius 3 is 2.69 bits per heavy atom. The summed E-state index contributed by atoms with van der Waals surface area (Å²) in [5.41, 5.74) is 2.75. The zero-order chi connectivity index (χ0) is 24.5. The van der Waals surface area contributed by atoms with Crippen LogP contribution in [0.4, 0.5) is 14.5 Å². The van der Waals surface area contributed by atoms with Gasteiger partial charge in [-0.1, -0.05) is 6.07 Å². The highest BCUT2D eigenvalue weighted by atomic mass is 19.3. The minimum absolute atomic E-state index is 0.0494. The van der Waals surface area contributed by atoms with Crippen LogP contribution in [0.25, 0.3) is 22.3 Å². The standard InChI is InChI=1S/C24H28F2N6O3/c1-14(16-10-21(33)28-12-16)35-23-22-18(29-13-32(22)24(25)26)11-17(30-23)15-3-4-19(20(9-15)34-2)31-7-5-27-6-8-31/h3-4,9,11,13-14,16,24,27H,5-8,10,12H2,1-2H3,(H,28,33)/t14-,16-/m1/s1. The quantitative estimate of drug-likeness (QED) is 0.531. The molecule has 9 nitrogen and oxygen atoms in total. The number of nitrogens with one attached hydrogen (secondary N) is 2. The number of carbonyl (C=O) groups is 1. The first-order valence-corrected chi connectivity index (χ1v) is 11.7. The van der Waals surface area contributed by atoms with E-state index in [0.717, 1.165) is 48.3 Å². The molecule has 2 aliphatic rings. The maximum atomic E-state index is 13.7. The number of fused-ring (bicyclic) bond motifs is 1. The summed E-state index contributed by atoms with van der Waals surface area (Å²) < 4.78 is 39.9. The van der Waals surface area contributed by atoms with Crippen molar-refractivity contribution < 1.29 is 23.0 Å². The molecule has 2 aliphatic heterocycles. The Balaban J connectivity index is 1.53. The number of carbonyl (C=O) groups excluding carboxylic acids is 1. The van der Waals surface area contributed by atoms with Crippen LogP contribution in [0.5, 0.6) is 11.6 Å². The van der Waals surface area contributed by atoms with Gasteiger partial charge in [0.1, 0.15) is 23.7 Å². The smallest absolute Gasteiger partial charge is 0.320 e. The van der Waals surface area contributed by atoms with Gasteiger partial charge in [-0.2, -0.15) is 8.78 Å². The molecule has 35 heavy (non-hydrogen) atoms. The number of ether oxygens (including phenoxy) is 2. The minimum atomic E-state index is -2.79. The third-order valence-electron chi connectivity index (χ3n) is 6.63. The predicted octanol–water partition coefficient (Wildman–Crippen LogP) is 2.82. The van der Waals surface area contributed by atoms with Crippen LogP contribution in [0.3, 0.4) is 0 Å². The second kappa shape index (κ2) is 9.65. The molecule has 2 fully saturated rings. The highest BCUT2D eigenvalue weighted by Gasteiger charge is 2.30. The van der Waals surface area contributed by atoms with Crippen LogP contribution in [0, 0.1) is 5.92 Å². The van der Waals surface area contributed by atoms with Gasteiger partial charge in [-0.25, -0.2) is 9.97 Å². The number of rotatable bonds is 7. The van der Waals surface area contributed by atoms with Gasteiger partial charge < -0.3 is 25.0 Å². The van der Waals surface area contributed by atoms with Crippen molar-refractivity contribution in [1.82, 2.24) is 25.2 Å². The van der Waals surface area contributed by atoms with Gasteiger partial charge in [-0.3, -0.25) is 9.36 Å². The van der Waals surface area contributed by atoms with E-state index in [1.165, 1.54) is 0 Å². The van der Waals surface area contributed by atoms with Crippen molar-refractivity contribution >= 4 is 22.6 Å². The second-order valence-corrected chi connectivity index (χ2v) is 8.82. The fourth-order valence-corrected chi connectivity index (χ4v) is 4.64. The van der Waals surface area contributed by atoms with Crippen LogP contribution in [0.2, 0.25) is 0 Å². The van der Waals surface area contributed by atoms with Crippen LogP contribution in [0.15, 0.2) is 30.6 Å². The lowest BCUT2D eigenvalue weighted by Gasteiger charge is -2.30. The number of benzene rings is 1. The fraction of sp³-hybridized carbons (Fsp3) is 0.458. The molecule has 0 radical (unpaired) electrons. The van der Waals surface area contributed by atoms with Crippen LogP contribution < -0.4 is 25.0 Å². The Hall–Kier alpha value is -3.47. The summed E-state index contributed by atoms with van der Waals surface area (Å²) in [7, 11) is 1.62. The number of piperazine rings is 1. The number of amides is 1. The van der Waals surface area contributed by atoms with Crippen LogP contribution in [0.1, 0.15) is 19.9 Å². The van der Waals surface area contributed by atoms with Crippen molar-refractivity contribution in [2.24, 2.45) is 5.92 Å². The lowest BCUT2D eigenvalue weighted by atomic mass is 10.0. The van der Waals surface area contributed by atoms with Crippen LogP contribution in [-0.2, 0) is 4.79 Å². The van der Waals surface area contributed by atoms with E-state index in [1.807, 2.05) is 25.1 Å². The van der Waals surface area contributed by atoms with Gasteiger partial charge in [-0.05, 0) is 25.1 Å². The summed E-state index contributed by atoms with van der Waals surface area (Å²) in [6.45, 7) is 3.05. The number of hydrogen-bond acceptors (Lipinski definition) is 7. The number of nitrogens with zero attached hydrogens (tertiary/aromatic N) is 4. The molecule has 2 atom stereocenters. The van der Waals surface area contributed by atoms with E-state index >= 15 is 0 Å². The van der Waals surface area contributed by atoms with Gasteiger partial charge in [0, 0.05) is 50.6 Å². The SMILES string of the molecule is COc1cc(-c2cc3ncn(C(F)F)c3c(O[C@H](C)[C@H]3CNC(=O)C3)n2)ccc1N1CCNCC1. The van der Waals surface area contributed by atoms with Gasteiger partial charge in [0.2, 0.25) is 11.8 Å². The summed E-state index contributed by atoms with van der Waals surface area (Å²) in [5, 5.41) is 6.12. The summed E-state index contributed by atoms with van der Waals surface area (Å²) in [5.74, 6) is 0.638. The summed E-state index contributed by atoms with van der Waals surface area (Å²) in [6.07, 6.45) is 1.00. The fourth-order valence-electron chi connectivity index (χ4n) is 4.64. The molecular weight excluding hydrogens is 458 g/mol. The average molecular weight is 487 g/mol. The number of anilines is 1. The first kappa shape index (κ1) is 23.3. The average Bonchev–Trinajstić information content (AvgIpc) is 3.51. The van der Waals surface area contributed by atoms with E-state index in [0.29, 0.717) is 29.9 Å². The van der Waals surface area contributed by atoms with Crippen molar-refractivity contribution in [3.63, 3.8) is 0 Å². The predicted molar refractivity (Wildman–Crippen MR) is 127 cm³/mol. The zero-order valence-corrected chi connectivity index (χ0v) is 19.6. The van der Waals surface area contributed by atoms with Gasteiger partial charge in [-0.15, -0.1) is 0 Å². The molecule has 2 N–H and O–H groups in total. The summed E-state index contributed by atoms with van der Waals surface area (Å²) >= 11 is 0. The van der Waals surface area contributed by atoms with Gasteiger partial charge in [0.05, 0.1) is 24.0 Å². The Kier molecular flexibility index (Phi) is 6.42. The third-order valence-corrected chi connectivity index (χ3v) is 6.63. The van der Waals surface area contributed by atoms with E-state index < -0.39 is 12.7 Å². The van der Waals surface area contributed by atoms with E-state index in [-0.39, 0.29) is 23.2 Å². The van der Waals surface area contributed by atoms with Crippen molar-refractivity contribution in [3.8, 4) is 22.9 Å². The molecule has 11 heteroatoms. The monoisotopic (exact) mass is 486 g/mol. The van der Waals surface area contributed by atoms with E-state index in [1.54, 1.807) is 13.2 Å². The molecular formula is C24H28F2N6O3. The topological polar surface area (TPSA) is 93.5 Å². The molecule has 1 aromatic carbocycles. The molecule has 0 bridgehead atoms. The van der Waals surface area contributed by atoms with Crippen molar-refractivity contribution in [1.29, 1.82) is 0 Å². The van der Waals surface area contributed by atoms with Crippen LogP contribution in [-0.4, -0.2) is 66.4 Å². The lowest BCUT2D eigenvalue weighted by molar-refractivity contribution is -0.119. The highest BCUT2D eigenvalue weighted by Crippen LogP contribution is 2.36. The van der Waals surface area contributed by atoms with E-state index in [4.69, 9.17) is 9.47 Å². The lowest BCUT2D eigenvalue weighted by Crippen LogP contribution is -2.43. The Morgan fingerprint density at radius 2 is 2.00 bits per heavy atom. The first-order chi connectivity index (χ1) is 16.9. The first-order valence-electron chi connectivity index (χ1n) is 11.7. The number of halogens is 2. The molecule has 0 unspecified atom stereocenters. The highest BCUT2D eigenvalue weighted by molar-refractivity contribution is 5.85. The zero-order valence-electron chi connectivity index (χ0n) is 19.6. The number of imidazole rings is 1. The molecule has 5 rings (SSSR count). The van der Waals surface area contributed by atoms with E-state index in [2.05, 4.69) is 25.5 Å². The largest absolute Gasteiger partial charge is 0.495 e. The molecule has 0 saturated carbocycles. The van der Waals surface area contributed by atoms with Gasteiger partial charge >= 0.3 is 6.55 Å². The molecule has 186 valence electrons. The Labute approximate surface area is 201 Å². The number of hydrogen-bond donors (Lipinski definition) is 2. The number of aromatic nitrogens is 3. The van der Waals surface area contributed by atoms with Crippen LogP contribution >= 0.6 is 0 Å². The number of pyridine rings is 1. The van der Waals surface area contributed by atoms with E-state index in [9.17, 15) is 13.6 Å². The van der Waals surface area contributed by atoms with Crippen molar-refractivity contribution in [3.05, 3.63) is 30.6 Å². The Bertz CT molecular complexity index is 1230. The summed E-state index contributed by atoms with van der Waals surface area (Å²) in [4.78, 5) is 22.7. The van der Waals surface area contributed by atoms with Gasteiger partial charge in [0.15, 0.2) is 0 Å². The maximum absolute atomic E-state index is 13.7. The molecule has 1 amide bonds. The Morgan fingerprint density at radius 1 is 1.20 bits per heavy atom. The maximum Gasteiger partial charge on any atom is 0.320 e. The van der Waals surface area contributed by atoms with Crippen molar-refractivity contribution in [2.45, 2.75) is 26.0 Å². The molecule has 4 heterocycles. The third kappa shape index (κ3) is 4.60. The number of methoxy groups -OCH3 is 1. The van der Waals surface area contributed by atoms with Crippen molar-refractivity contribution in [2.75, 3.05) is 44.7 Å². The molecule has 2 saturated heterocycles. The summed E-state index contributed by atoms with van der Waals surface area (Å²) in [6, 6.07) is 7.49. The molecule has 0 aliphatic carbocycles. The minimum Gasteiger partial charge on any atom is -0.495 e. The molecule has 3 aromatic rings. The number of alkyl halides is 2. The molecule has 0 spiro atoms. The van der Waals surface area contributed by atoms with Gasteiger partial charge in [0.25, 0.3) is 0 Å². The molecule has 2 aromatic heterocycles. The second-order valence-electron chi connectivity index (χ2n) is 8.82.